The van der Waals surface area contributed by atoms with E-state index in [1.165, 1.54) is 0 Å². The summed E-state index contributed by atoms with van der Waals surface area (Å²) in [5.74, 6) is -2.35. The number of esters is 2. The van der Waals surface area contributed by atoms with Crippen molar-refractivity contribution < 1.29 is 28.7 Å². The number of nitrogens with one attached hydrogen (secondary N) is 2. The SMILES string of the molecule is CCOC(=O)c1sc(NC(=O)COC(=O)[C@@H](NC(=O)c2cccc(C)c2)C(C)C)cc1C. The van der Waals surface area contributed by atoms with Gasteiger partial charge in [-0.15, -0.1) is 11.3 Å². The largest absolute Gasteiger partial charge is 0.462 e. The number of carbonyl (C=O) groups excluding carboxylic acids is 4. The molecule has 0 aliphatic carbocycles. The van der Waals surface area contributed by atoms with Gasteiger partial charge in [0.15, 0.2) is 6.61 Å². The van der Waals surface area contributed by atoms with E-state index >= 15 is 0 Å². The molecular formula is C23H28N2O6S. The average Bonchev–Trinajstić information content (AvgIpc) is 3.10. The molecule has 0 saturated carbocycles. The summed E-state index contributed by atoms with van der Waals surface area (Å²) in [7, 11) is 0. The fourth-order valence-electron chi connectivity index (χ4n) is 2.85. The smallest absolute Gasteiger partial charge is 0.348 e. The molecule has 2 amide bonds. The molecule has 0 aliphatic heterocycles. The highest BCUT2D eigenvalue weighted by Gasteiger charge is 2.27. The highest BCUT2D eigenvalue weighted by atomic mass is 32.1. The summed E-state index contributed by atoms with van der Waals surface area (Å²) in [6.45, 7) is 8.60. The molecule has 172 valence electrons. The van der Waals surface area contributed by atoms with E-state index in [1.54, 1.807) is 52.0 Å². The van der Waals surface area contributed by atoms with Gasteiger partial charge in [-0.05, 0) is 50.5 Å². The molecule has 1 atom stereocenters. The van der Waals surface area contributed by atoms with Gasteiger partial charge in [0.05, 0.1) is 11.6 Å². The van der Waals surface area contributed by atoms with Gasteiger partial charge in [-0.1, -0.05) is 31.5 Å². The maximum atomic E-state index is 12.5. The van der Waals surface area contributed by atoms with Crippen LogP contribution in [0.5, 0.6) is 0 Å². The van der Waals surface area contributed by atoms with Gasteiger partial charge in [-0.2, -0.15) is 0 Å². The predicted octanol–water partition coefficient (Wildman–Crippen LogP) is 3.48. The Balaban J connectivity index is 1.94. The van der Waals surface area contributed by atoms with Gasteiger partial charge in [-0.25, -0.2) is 9.59 Å². The lowest BCUT2D eigenvalue weighted by molar-refractivity contribution is -0.150. The maximum absolute atomic E-state index is 12.5. The molecule has 0 radical (unpaired) electrons. The molecule has 0 bridgehead atoms. The summed E-state index contributed by atoms with van der Waals surface area (Å²) in [5.41, 5.74) is 2.04. The fourth-order valence-corrected chi connectivity index (χ4v) is 3.83. The van der Waals surface area contributed by atoms with Crippen LogP contribution >= 0.6 is 11.3 Å². The van der Waals surface area contributed by atoms with Gasteiger partial charge in [-0.3, -0.25) is 9.59 Å². The number of amides is 2. The first-order valence-corrected chi connectivity index (χ1v) is 11.1. The number of rotatable bonds is 9. The minimum Gasteiger partial charge on any atom is -0.462 e. The molecule has 1 aromatic carbocycles. The summed E-state index contributed by atoms with van der Waals surface area (Å²) in [6.07, 6.45) is 0. The topological polar surface area (TPSA) is 111 Å². The molecule has 32 heavy (non-hydrogen) atoms. The Morgan fingerprint density at radius 2 is 1.78 bits per heavy atom. The number of thiophene rings is 1. The van der Waals surface area contributed by atoms with Crippen LogP contribution in [-0.2, 0) is 19.1 Å². The summed E-state index contributed by atoms with van der Waals surface area (Å²) in [5, 5.41) is 5.72. The zero-order valence-corrected chi connectivity index (χ0v) is 19.6. The lowest BCUT2D eigenvalue weighted by Crippen LogP contribution is -2.45. The van der Waals surface area contributed by atoms with Crippen LogP contribution in [0.2, 0.25) is 0 Å². The van der Waals surface area contributed by atoms with Crippen molar-refractivity contribution in [2.24, 2.45) is 5.92 Å². The minimum absolute atomic E-state index is 0.244. The highest BCUT2D eigenvalue weighted by molar-refractivity contribution is 7.18. The van der Waals surface area contributed by atoms with E-state index < -0.39 is 36.4 Å². The maximum Gasteiger partial charge on any atom is 0.348 e. The number of aryl methyl sites for hydroxylation is 2. The van der Waals surface area contributed by atoms with Crippen LogP contribution in [-0.4, -0.2) is 43.0 Å². The molecule has 8 nitrogen and oxygen atoms in total. The van der Waals surface area contributed by atoms with Crippen molar-refractivity contribution in [3.05, 3.63) is 51.9 Å². The zero-order valence-electron chi connectivity index (χ0n) is 18.8. The standard InChI is InChI=1S/C23H28N2O6S/c1-6-30-23(29)20-15(5)11-18(32-20)24-17(26)12-31-22(28)19(13(2)3)25-21(27)16-9-7-8-14(4)10-16/h7-11,13,19H,6,12H2,1-5H3,(H,24,26)(H,25,27)/t19-/m0/s1. The normalized spacial score (nSPS) is 11.6. The first-order valence-electron chi connectivity index (χ1n) is 10.2. The lowest BCUT2D eigenvalue weighted by atomic mass is 10.0. The van der Waals surface area contributed by atoms with Crippen molar-refractivity contribution in [3.8, 4) is 0 Å². The van der Waals surface area contributed by atoms with Crippen LogP contribution < -0.4 is 10.6 Å². The number of anilines is 1. The van der Waals surface area contributed by atoms with Crippen molar-refractivity contribution >= 4 is 40.1 Å². The second kappa shape index (κ2) is 11.4. The van der Waals surface area contributed by atoms with Crippen LogP contribution in [0.4, 0.5) is 5.00 Å². The molecule has 2 rings (SSSR count). The quantitative estimate of drug-likeness (QED) is 0.555. The van der Waals surface area contributed by atoms with Crippen LogP contribution in [0.3, 0.4) is 0 Å². The van der Waals surface area contributed by atoms with Gasteiger partial charge in [0.1, 0.15) is 10.9 Å². The number of ether oxygens (including phenoxy) is 2. The Kier molecular flexibility index (Phi) is 8.95. The van der Waals surface area contributed by atoms with Gasteiger partial charge in [0, 0.05) is 5.56 Å². The summed E-state index contributed by atoms with van der Waals surface area (Å²) in [6, 6.07) is 7.75. The fraction of sp³-hybridized carbons (Fsp3) is 0.391. The van der Waals surface area contributed by atoms with E-state index in [1.807, 2.05) is 13.0 Å². The lowest BCUT2D eigenvalue weighted by Gasteiger charge is -2.20. The molecule has 2 N–H and O–H groups in total. The third-order valence-electron chi connectivity index (χ3n) is 4.47. The van der Waals surface area contributed by atoms with Crippen molar-refractivity contribution in [1.29, 1.82) is 0 Å². The molecule has 0 aliphatic rings. The number of hydrogen-bond donors (Lipinski definition) is 2. The molecule has 9 heteroatoms. The van der Waals surface area contributed by atoms with Crippen LogP contribution in [0.1, 0.15) is 51.9 Å². The average molecular weight is 461 g/mol. The highest BCUT2D eigenvalue weighted by Crippen LogP contribution is 2.27. The third kappa shape index (κ3) is 6.91. The van der Waals surface area contributed by atoms with Gasteiger partial charge < -0.3 is 20.1 Å². The third-order valence-corrected chi connectivity index (χ3v) is 5.61. The number of benzene rings is 1. The first kappa shape index (κ1) is 25.1. The molecule has 0 unspecified atom stereocenters. The second-order valence-corrected chi connectivity index (χ2v) is 8.62. The van der Waals surface area contributed by atoms with E-state index in [0.29, 0.717) is 21.0 Å². The number of carbonyl (C=O) groups is 4. The molecular weight excluding hydrogens is 432 g/mol. The van der Waals surface area contributed by atoms with Crippen molar-refractivity contribution in [1.82, 2.24) is 5.32 Å². The van der Waals surface area contributed by atoms with Crippen LogP contribution in [0.25, 0.3) is 0 Å². The Hall–Kier alpha value is -3.20. The Morgan fingerprint density at radius 1 is 1.06 bits per heavy atom. The van der Waals surface area contributed by atoms with E-state index in [4.69, 9.17) is 9.47 Å². The molecule has 0 saturated heterocycles. The Bertz CT molecular complexity index is 998. The van der Waals surface area contributed by atoms with E-state index in [-0.39, 0.29) is 12.5 Å². The van der Waals surface area contributed by atoms with Crippen molar-refractivity contribution in [3.63, 3.8) is 0 Å². The van der Waals surface area contributed by atoms with E-state index in [0.717, 1.165) is 16.9 Å². The first-order chi connectivity index (χ1) is 15.1. The van der Waals surface area contributed by atoms with E-state index in [2.05, 4.69) is 10.6 Å². The molecule has 0 fully saturated rings. The molecule has 2 aromatic rings. The van der Waals surface area contributed by atoms with Crippen LogP contribution in [0, 0.1) is 19.8 Å². The van der Waals surface area contributed by atoms with Crippen LogP contribution in [0.15, 0.2) is 30.3 Å². The summed E-state index contributed by atoms with van der Waals surface area (Å²) < 4.78 is 10.1. The van der Waals surface area contributed by atoms with Crippen molar-refractivity contribution in [2.45, 2.75) is 40.7 Å². The van der Waals surface area contributed by atoms with Gasteiger partial charge in [0.25, 0.3) is 11.8 Å². The van der Waals surface area contributed by atoms with E-state index in [9.17, 15) is 19.2 Å². The summed E-state index contributed by atoms with van der Waals surface area (Å²) in [4.78, 5) is 49.5. The number of hydrogen-bond acceptors (Lipinski definition) is 7. The zero-order chi connectivity index (χ0) is 23.8. The second-order valence-electron chi connectivity index (χ2n) is 7.56. The van der Waals surface area contributed by atoms with Gasteiger partial charge in [0.2, 0.25) is 0 Å². The van der Waals surface area contributed by atoms with Crippen molar-refractivity contribution in [2.75, 3.05) is 18.5 Å². The monoisotopic (exact) mass is 460 g/mol. The summed E-state index contributed by atoms with van der Waals surface area (Å²) >= 11 is 1.08. The minimum atomic E-state index is -0.907. The molecule has 0 spiro atoms. The Morgan fingerprint density at radius 3 is 2.41 bits per heavy atom. The predicted molar refractivity (Wildman–Crippen MR) is 122 cm³/mol. The molecule has 1 aromatic heterocycles. The Labute approximate surface area is 191 Å². The van der Waals surface area contributed by atoms with Gasteiger partial charge >= 0.3 is 11.9 Å². The molecule has 1 heterocycles.